The van der Waals surface area contributed by atoms with Crippen LogP contribution >= 0.6 is 0 Å². The van der Waals surface area contributed by atoms with E-state index in [0.29, 0.717) is 35.3 Å². The summed E-state index contributed by atoms with van der Waals surface area (Å²) in [6.45, 7) is 0.203. The third-order valence-corrected chi connectivity index (χ3v) is 3.77. The molecule has 1 amide bonds. The topological polar surface area (TPSA) is 84.9 Å². The standard InChI is InChI=1S/C19H19NO5/c21-18(22)12-24-15-5-3-4-14(10-15)19(23)20-16-6-1-2-7-17(16)25-11-13-8-9-13/h1-7,10,13H,8-9,11-12H2,(H,20,23)(H,21,22). The molecule has 6 heteroatoms. The van der Waals surface area contributed by atoms with Crippen molar-refractivity contribution >= 4 is 17.6 Å². The molecule has 0 aliphatic heterocycles. The maximum atomic E-state index is 12.5. The Balaban J connectivity index is 1.67. The highest BCUT2D eigenvalue weighted by atomic mass is 16.5. The van der Waals surface area contributed by atoms with Crippen LogP contribution in [0.1, 0.15) is 23.2 Å². The minimum absolute atomic E-state index is 0.316. The second-order valence-electron chi connectivity index (χ2n) is 5.91. The Kier molecular flexibility index (Phi) is 5.18. The fourth-order valence-corrected chi connectivity index (χ4v) is 2.25. The van der Waals surface area contributed by atoms with Crippen molar-refractivity contribution in [2.24, 2.45) is 5.92 Å². The van der Waals surface area contributed by atoms with E-state index in [1.54, 1.807) is 24.3 Å². The van der Waals surface area contributed by atoms with E-state index in [-0.39, 0.29) is 5.91 Å². The molecule has 0 bridgehead atoms. The minimum Gasteiger partial charge on any atom is -0.491 e. The molecule has 0 atom stereocenters. The number of aliphatic carboxylic acids is 1. The van der Waals surface area contributed by atoms with Gasteiger partial charge in [-0.1, -0.05) is 18.2 Å². The van der Waals surface area contributed by atoms with Gasteiger partial charge in [0.1, 0.15) is 11.5 Å². The molecular formula is C19H19NO5. The van der Waals surface area contributed by atoms with Crippen LogP contribution in [0, 0.1) is 5.92 Å². The van der Waals surface area contributed by atoms with Gasteiger partial charge in [0.25, 0.3) is 5.91 Å². The second kappa shape index (κ2) is 7.70. The molecule has 6 nitrogen and oxygen atoms in total. The third kappa shape index (κ3) is 4.97. The quantitative estimate of drug-likeness (QED) is 0.770. The SMILES string of the molecule is O=C(O)COc1cccc(C(=O)Nc2ccccc2OCC2CC2)c1. The number of para-hydroxylation sites is 2. The Morgan fingerprint density at radius 1 is 1.08 bits per heavy atom. The van der Waals surface area contributed by atoms with Crippen LogP contribution in [-0.4, -0.2) is 30.2 Å². The van der Waals surface area contributed by atoms with Crippen LogP contribution < -0.4 is 14.8 Å². The van der Waals surface area contributed by atoms with Crippen molar-refractivity contribution in [2.45, 2.75) is 12.8 Å². The number of carbonyl (C=O) groups is 2. The summed E-state index contributed by atoms with van der Waals surface area (Å²) in [4.78, 5) is 23.0. The van der Waals surface area contributed by atoms with Crippen molar-refractivity contribution in [3.05, 3.63) is 54.1 Å². The van der Waals surface area contributed by atoms with Gasteiger partial charge in [-0.3, -0.25) is 4.79 Å². The van der Waals surface area contributed by atoms with Crippen molar-refractivity contribution in [2.75, 3.05) is 18.5 Å². The molecule has 2 N–H and O–H groups in total. The lowest BCUT2D eigenvalue weighted by atomic mass is 10.2. The Bertz CT molecular complexity index is 770. The Morgan fingerprint density at radius 2 is 1.88 bits per heavy atom. The van der Waals surface area contributed by atoms with Gasteiger partial charge in [-0.25, -0.2) is 4.79 Å². The average Bonchev–Trinajstić information content (AvgIpc) is 3.44. The van der Waals surface area contributed by atoms with Crippen molar-refractivity contribution < 1.29 is 24.2 Å². The van der Waals surface area contributed by atoms with E-state index in [4.69, 9.17) is 14.6 Å². The van der Waals surface area contributed by atoms with Gasteiger partial charge in [-0.05, 0) is 49.1 Å². The van der Waals surface area contributed by atoms with Gasteiger partial charge in [-0.15, -0.1) is 0 Å². The van der Waals surface area contributed by atoms with Crippen LogP contribution in [-0.2, 0) is 4.79 Å². The van der Waals surface area contributed by atoms with E-state index < -0.39 is 12.6 Å². The number of carbonyl (C=O) groups excluding carboxylic acids is 1. The molecule has 130 valence electrons. The first-order valence-corrected chi connectivity index (χ1v) is 8.09. The van der Waals surface area contributed by atoms with E-state index in [0.717, 1.165) is 0 Å². The molecule has 25 heavy (non-hydrogen) atoms. The van der Waals surface area contributed by atoms with Crippen LogP contribution in [0.3, 0.4) is 0 Å². The number of carboxylic acids is 1. The first-order chi connectivity index (χ1) is 12.1. The fraction of sp³-hybridized carbons (Fsp3) is 0.263. The van der Waals surface area contributed by atoms with Crippen LogP contribution in [0.5, 0.6) is 11.5 Å². The molecule has 0 heterocycles. The summed E-state index contributed by atoms with van der Waals surface area (Å²) in [5, 5.41) is 11.5. The van der Waals surface area contributed by atoms with E-state index >= 15 is 0 Å². The predicted molar refractivity (Wildman–Crippen MR) is 92.2 cm³/mol. The van der Waals surface area contributed by atoms with Gasteiger partial charge in [0.2, 0.25) is 0 Å². The minimum atomic E-state index is -1.07. The van der Waals surface area contributed by atoms with Crippen molar-refractivity contribution in [1.29, 1.82) is 0 Å². The summed E-state index contributed by atoms with van der Waals surface area (Å²) >= 11 is 0. The zero-order valence-electron chi connectivity index (χ0n) is 13.6. The lowest BCUT2D eigenvalue weighted by molar-refractivity contribution is -0.139. The summed E-state index contributed by atoms with van der Waals surface area (Å²) < 4.78 is 10.9. The van der Waals surface area contributed by atoms with Gasteiger partial charge in [0.15, 0.2) is 6.61 Å². The number of hydrogen-bond donors (Lipinski definition) is 2. The molecule has 0 saturated heterocycles. The molecule has 1 saturated carbocycles. The summed E-state index contributed by atoms with van der Waals surface area (Å²) in [5.74, 6) is 0.195. The highest BCUT2D eigenvalue weighted by Crippen LogP contribution is 2.31. The predicted octanol–water partition coefficient (Wildman–Crippen LogP) is 3.19. The summed E-state index contributed by atoms with van der Waals surface area (Å²) in [6.07, 6.45) is 2.38. The van der Waals surface area contributed by atoms with Gasteiger partial charge in [-0.2, -0.15) is 0 Å². The molecule has 0 unspecified atom stereocenters. The molecule has 2 aromatic carbocycles. The zero-order valence-corrected chi connectivity index (χ0v) is 13.6. The number of ether oxygens (including phenoxy) is 2. The van der Waals surface area contributed by atoms with E-state index in [9.17, 15) is 9.59 Å². The number of nitrogens with one attached hydrogen (secondary N) is 1. The highest BCUT2D eigenvalue weighted by Gasteiger charge is 2.22. The Morgan fingerprint density at radius 3 is 2.64 bits per heavy atom. The van der Waals surface area contributed by atoms with E-state index in [1.165, 1.54) is 18.9 Å². The number of carboxylic acid groups (broad SMARTS) is 1. The van der Waals surface area contributed by atoms with Crippen molar-refractivity contribution in [3.8, 4) is 11.5 Å². The molecule has 1 aliphatic carbocycles. The number of benzene rings is 2. The first kappa shape index (κ1) is 16.8. The summed E-state index contributed by atoms with van der Waals surface area (Å²) in [6, 6.07) is 13.7. The highest BCUT2D eigenvalue weighted by molar-refractivity contribution is 6.05. The molecule has 1 fully saturated rings. The molecule has 0 spiro atoms. The number of rotatable bonds is 8. The number of hydrogen-bond acceptors (Lipinski definition) is 4. The maximum absolute atomic E-state index is 12.5. The third-order valence-electron chi connectivity index (χ3n) is 3.77. The van der Waals surface area contributed by atoms with Crippen molar-refractivity contribution in [3.63, 3.8) is 0 Å². The Hall–Kier alpha value is -3.02. The second-order valence-corrected chi connectivity index (χ2v) is 5.91. The van der Waals surface area contributed by atoms with Crippen molar-refractivity contribution in [1.82, 2.24) is 0 Å². The monoisotopic (exact) mass is 341 g/mol. The summed E-state index contributed by atoms with van der Waals surface area (Å²) in [5.41, 5.74) is 0.977. The maximum Gasteiger partial charge on any atom is 0.341 e. The number of amides is 1. The largest absolute Gasteiger partial charge is 0.491 e. The normalized spacial score (nSPS) is 13.1. The lowest BCUT2D eigenvalue weighted by Crippen LogP contribution is -2.14. The van der Waals surface area contributed by atoms with Crippen LogP contribution in [0.15, 0.2) is 48.5 Å². The van der Waals surface area contributed by atoms with Crippen LogP contribution in [0.2, 0.25) is 0 Å². The van der Waals surface area contributed by atoms with Gasteiger partial charge in [0, 0.05) is 5.56 Å². The molecule has 2 aromatic rings. The molecule has 0 radical (unpaired) electrons. The number of anilines is 1. The van der Waals surface area contributed by atoms with E-state index in [2.05, 4.69) is 5.32 Å². The smallest absolute Gasteiger partial charge is 0.341 e. The fourth-order valence-electron chi connectivity index (χ4n) is 2.25. The molecular weight excluding hydrogens is 322 g/mol. The Labute approximate surface area is 145 Å². The van der Waals surface area contributed by atoms with Gasteiger partial charge >= 0.3 is 5.97 Å². The van der Waals surface area contributed by atoms with Crippen LogP contribution in [0.4, 0.5) is 5.69 Å². The van der Waals surface area contributed by atoms with Crippen LogP contribution in [0.25, 0.3) is 0 Å². The van der Waals surface area contributed by atoms with Gasteiger partial charge in [0.05, 0.1) is 12.3 Å². The summed E-state index contributed by atoms with van der Waals surface area (Å²) in [7, 11) is 0. The average molecular weight is 341 g/mol. The van der Waals surface area contributed by atoms with Gasteiger partial charge < -0.3 is 19.9 Å². The molecule has 3 rings (SSSR count). The lowest BCUT2D eigenvalue weighted by Gasteiger charge is -2.12. The van der Waals surface area contributed by atoms with E-state index in [1.807, 2.05) is 18.2 Å². The zero-order chi connectivity index (χ0) is 17.6. The molecule has 1 aliphatic rings. The molecule has 0 aromatic heterocycles. The first-order valence-electron chi connectivity index (χ1n) is 8.09.